The summed E-state index contributed by atoms with van der Waals surface area (Å²) in [7, 11) is 0. The number of hydrogen-bond acceptors (Lipinski definition) is 5. The molecule has 17 heavy (non-hydrogen) atoms. The molecule has 0 unspecified atom stereocenters. The first-order chi connectivity index (χ1) is 8.24. The summed E-state index contributed by atoms with van der Waals surface area (Å²) < 4.78 is 0. The molecule has 1 fully saturated rings. The third-order valence-electron chi connectivity index (χ3n) is 3.06. The maximum absolute atomic E-state index is 9.78. The predicted octanol–water partition coefficient (Wildman–Crippen LogP) is 1.33. The SMILES string of the molecule is O[C@H]1CCC[C@@H]1Nc1nc(Cl)nc2nc[nH]c12. The molecule has 0 amide bonds. The number of aliphatic hydroxyl groups excluding tert-OH is 1. The molecular weight excluding hydrogens is 242 g/mol. The van der Waals surface area contributed by atoms with Crippen molar-refractivity contribution >= 4 is 28.6 Å². The van der Waals surface area contributed by atoms with Gasteiger partial charge in [0.05, 0.1) is 18.5 Å². The molecule has 2 atom stereocenters. The van der Waals surface area contributed by atoms with Gasteiger partial charge in [-0.3, -0.25) is 0 Å². The second-order valence-corrected chi connectivity index (χ2v) is 4.53. The average molecular weight is 254 g/mol. The van der Waals surface area contributed by atoms with Crippen molar-refractivity contribution in [2.45, 2.75) is 31.4 Å². The molecule has 0 aliphatic heterocycles. The number of hydrogen-bond donors (Lipinski definition) is 3. The van der Waals surface area contributed by atoms with Crippen LogP contribution in [0.5, 0.6) is 0 Å². The minimum Gasteiger partial charge on any atom is -0.391 e. The number of aromatic nitrogens is 4. The number of anilines is 1. The van der Waals surface area contributed by atoms with Gasteiger partial charge in [0.15, 0.2) is 11.5 Å². The lowest BCUT2D eigenvalue weighted by atomic mass is 10.2. The molecule has 0 bridgehead atoms. The second kappa shape index (κ2) is 4.12. The van der Waals surface area contributed by atoms with Crippen molar-refractivity contribution in [1.82, 2.24) is 19.9 Å². The molecule has 0 spiro atoms. The van der Waals surface area contributed by atoms with Crippen molar-refractivity contribution in [2.24, 2.45) is 0 Å². The van der Waals surface area contributed by atoms with Crippen LogP contribution in [0.15, 0.2) is 6.33 Å². The molecule has 1 aliphatic rings. The average Bonchev–Trinajstić information content (AvgIpc) is 2.88. The van der Waals surface area contributed by atoms with E-state index in [-0.39, 0.29) is 17.4 Å². The Hall–Kier alpha value is -1.40. The summed E-state index contributed by atoms with van der Waals surface area (Å²) in [6.07, 6.45) is 3.98. The fraction of sp³-hybridized carbons (Fsp3) is 0.500. The summed E-state index contributed by atoms with van der Waals surface area (Å²) in [5.41, 5.74) is 1.24. The van der Waals surface area contributed by atoms with E-state index in [2.05, 4.69) is 25.3 Å². The van der Waals surface area contributed by atoms with E-state index >= 15 is 0 Å². The van der Waals surface area contributed by atoms with Crippen LogP contribution in [0.2, 0.25) is 5.28 Å². The van der Waals surface area contributed by atoms with Gasteiger partial charge in [0, 0.05) is 0 Å². The zero-order valence-corrected chi connectivity index (χ0v) is 9.78. The van der Waals surface area contributed by atoms with Crippen molar-refractivity contribution in [2.75, 3.05) is 5.32 Å². The molecule has 2 aromatic rings. The summed E-state index contributed by atoms with van der Waals surface area (Å²) in [5, 5.41) is 13.1. The van der Waals surface area contributed by atoms with Gasteiger partial charge in [0.2, 0.25) is 5.28 Å². The first kappa shape index (κ1) is 10.7. The summed E-state index contributed by atoms with van der Waals surface area (Å²) in [4.78, 5) is 15.1. The molecule has 3 rings (SSSR count). The van der Waals surface area contributed by atoms with E-state index in [1.165, 1.54) is 0 Å². The highest BCUT2D eigenvalue weighted by molar-refractivity contribution is 6.28. The highest BCUT2D eigenvalue weighted by Gasteiger charge is 2.26. The number of aliphatic hydroxyl groups is 1. The maximum Gasteiger partial charge on any atom is 0.226 e. The number of nitrogens with zero attached hydrogens (tertiary/aromatic N) is 3. The predicted molar refractivity (Wildman–Crippen MR) is 64.0 cm³/mol. The Labute approximate surface area is 102 Å². The largest absolute Gasteiger partial charge is 0.391 e. The van der Waals surface area contributed by atoms with Crippen LogP contribution in [-0.2, 0) is 0 Å². The summed E-state index contributed by atoms with van der Waals surface area (Å²) in [5.74, 6) is 0.600. The van der Waals surface area contributed by atoms with E-state index in [1.807, 2.05) is 0 Å². The molecule has 7 heteroatoms. The lowest BCUT2D eigenvalue weighted by Crippen LogP contribution is -2.28. The van der Waals surface area contributed by atoms with Gasteiger partial charge in [-0.2, -0.15) is 9.97 Å². The van der Waals surface area contributed by atoms with E-state index in [9.17, 15) is 5.11 Å². The van der Waals surface area contributed by atoms with Crippen LogP contribution < -0.4 is 5.32 Å². The zero-order valence-electron chi connectivity index (χ0n) is 9.02. The molecule has 6 nitrogen and oxygen atoms in total. The van der Waals surface area contributed by atoms with Gasteiger partial charge in [0.25, 0.3) is 0 Å². The van der Waals surface area contributed by atoms with Crippen LogP contribution in [0.1, 0.15) is 19.3 Å². The van der Waals surface area contributed by atoms with Crippen LogP contribution in [0.4, 0.5) is 5.82 Å². The van der Waals surface area contributed by atoms with Crippen LogP contribution in [0.25, 0.3) is 11.2 Å². The lowest BCUT2D eigenvalue weighted by Gasteiger charge is -2.17. The van der Waals surface area contributed by atoms with Gasteiger partial charge in [-0.05, 0) is 30.9 Å². The zero-order chi connectivity index (χ0) is 11.8. The summed E-state index contributed by atoms with van der Waals surface area (Å²) in [6, 6.07) is 0.0208. The summed E-state index contributed by atoms with van der Waals surface area (Å²) >= 11 is 5.82. The quantitative estimate of drug-likeness (QED) is 0.703. The molecule has 2 heterocycles. The Morgan fingerprint density at radius 2 is 2.29 bits per heavy atom. The van der Waals surface area contributed by atoms with E-state index in [0.717, 1.165) is 19.3 Å². The van der Waals surface area contributed by atoms with Crippen LogP contribution in [0.3, 0.4) is 0 Å². The van der Waals surface area contributed by atoms with E-state index in [1.54, 1.807) is 6.33 Å². The molecule has 1 saturated carbocycles. The molecule has 1 aliphatic carbocycles. The lowest BCUT2D eigenvalue weighted by molar-refractivity contribution is 0.171. The number of aromatic amines is 1. The van der Waals surface area contributed by atoms with Crippen LogP contribution >= 0.6 is 11.6 Å². The number of fused-ring (bicyclic) bond motifs is 1. The second-order valence-electron chi connectivity index (χ2n) is 4.19. The van der Waals surface area contributed by atoms with Crippen LogP contribution in [-0.4, -0.2) is 37.2 Å². The monoisotopic (exact) mass is 253 g/mol. The smallest absolute Gasteiger partial charge is 0.226 e. The normalized spacial score (nSPS) is 24.4. The first-order valence-corrected chi connectivity index (χ1v) is 5.93. The third-order valence-corrected chi connectivity index (χ3v) is 3.23. The highest BCUT2D eigenvalue weighted by Crippen LogP contribution is 2.25. The number of rotatable bonds is 2. The minimum atomic E-state index is -0.332. The van der Waals surface area contributed by atoms with Gasteiger partial charge in [-0.1, -0.05) is 0 Å². The minimum absolute atomic E-state index is 0.0208. The van der Waals surface area contributed by atoms with E-state index in [0.29, 0.717) is 17.0 Å². The Balaban J connectivity index is 1.96. The molecule has 0 radical (unpaired) electrons. The number of halogens is 1. The topological polar surface area (TPSA) is 86.7 Å². The molecular formula is C10H12ClN5O. The van der Waals surface area contributed by atoms with Crippen LogP contribution in [0, 0.1) is 0 Å². The Morgan fingerprint density at radius 3 is 3.06 bits per heavy atom. The van der Waals surface area contributed by atoms with Crippen molar-refractivity contribution in [1.29, 1.82) is 0 Å². The Kier molecular flexibility index (Phi) is 2.60. The molecule has 90 valence electrons. The number of nitrogens with one attached hydrogen (secondary N) is 2. The standard InChI is InChI=1S/C10H12ClN5O/c11-10-15-8-7(12-4-13-8)9(16-10)14-5-2-1-3-6(5)17/h4-6,17H,1-3H2,(H2,12,13,14,15,16)/t5-,6-/m0/s1. The number of H-pyrrole nitrogens is 1. The van der Waals surface area contributed by atoms with E-state index < -0.39 is 0 Å². The highest BCUT2D eigenvalue weighted by atomic mass is 35.5. The molecule has 0 saturated heterocycles. The van der Waals surface area contributed by atoms with Crippen molar-refractivity contribution in [3.63, 3.8) is 0 Å². The Bertz CT molecular complexity index is 542. The van der Waals surface area contributed by atoms with Gasteiger partial charge in [-0.25, -0.2) is 4.98 Å². The fourth-order valence-electron chi connectivity index (χ4n) is 2.20. The molecule has 2 aromatic heterocycles. The van der Waals surface area contributed by atoms with Gasteiger partial charge in [0.1, 0.15) is 5.52 Å². The van der Waals surface area contributed by atoms with Crippen molar-refractivity contribution < 1.29 is 5.11 Å². The molecule has 3 N–H and O–H groups in total. The summed E-state index contributed by atoms with van der Waals surface area (Å²) in [6.45, 7) is 0. The number of imidazole rings is 1. The van der Waals surface area contributed by atoms with Gasteiger partial charge in [-0.15, -0.1) is 0 Å². The van der Waals surface area contributed by atoms with E-state index in [4.69, 9.17) is 11.6 Å². The fourth-order valence-corrected chi connectivity index (χ4v) is 2.36. The first-order valence-electron chi connectivity index (χ1n) is 5.55. The van der Waals surface area contributed by atoms with Gasteiger partial charge >= 0.3 is 0 Å². The molecule has 0 aromatic carbocycles. The third kappa shape index (κ3) is 1.94. The van der Waals surface area contributed by atoms with Crippen molar-refractivity contribution in [3.8, 4) is 0 Å². The maximum atomic E-state index is 9.78. The Morgan fingerprint density at radius 1 is 1.41 bits per heavy atom. The van der Waals surface area contributed by atoms with Gasteiger partial charge < -0.3 is 15.4 Å². The van der Waals surface area contributed by atoms with Crippen molar-refractivity contribution in [3.05, 3.63) is 11.6 Å².